The van der Waals surface area contributed by atoms with Crippen LogP contribution in [0.15, 0.2) is 11.1 Å². The standard InChI is InChI=1S/C11H18N4O2/c1-17-9-10(13-7-14-11(9)16)15-6-2-3-8(15)4-5-12/h7-8H,2-6,12H2,1H3,(H,13,14,16). The van der Waals surface area contributed by atoms with Gasteiger partial charge in [0.15, 0.2) is 5.82 Å². The first-order chi connectivity index (χ1) is 8.27. The zero-order valence-corrected chi connectivity index (χ0v) is 9.98. The summed E-state index contributed by atoms with van der Waals surface area (Å²) < 4.78 is 5.14. The van der Waals surface area contributed by atoms with Crippen molar-refractivity contribution in [3.05, 3.63) is 16.7 Å². The molecule has 0 aliphatic carbocycles. The van der Waals surface area contributed by atoms with E-state index >= 15 is 0 Å². The second kappa shape index (κ2) is 5.18. The SMILES string of the molecule is COc1c(N2CCCC2CCN)nc[nH]c1=O. The number of rotatable bonds is 4. The van der Waals surface area contributed by atoms with Crippen LogP contribution in [-0.4, -0.2) is 36.2 Å². The lowest BCUT2D eigenvalue weighted by molar-refractivity contribution is 0.404. The second-order valence-electron chi connectivity index (χ2n) is 4.16. The highest BCUT2D eigenvalue weighted by atomic mass is 16.5. The Kier molecular flexibility index (Phi) is 3.63. The fourth-order valence-electron chi connectivity index (χ4n) is 2.37. The Labute approximate surface area is 99.8 Å². The topological polar surface area (TPSA) is 84.2 Å². The van der Waals surface area contributed by atoms with E-state index < -0.39 is 0 Å². The van der Waals surface area contributed by atoms with Crippen LogP contribution in [0.2, 0.25) is 0 Å². The minimum Gasteiger partial charge on any atom is -0.489 e. The summed E-state index contributed by atoms with van der Waals surface area (Å²) >= 11 is 0. The van der Waals surface area contributed by atoms with Crippen molar-refractivity contribution in [3.8, 4) is 5.75 Å². The lowest BCUT2D eigenvalue weighted by atomic mass is 10.1. The minimum absolute atomic E-state index is 0.240. The van der Waals surface area contributed by atoms with Crippen LogP contribution >= 0.6 is 0 Å². The molecule has 94 valence electrons. The first kappa shape index (κ1) is 11.9. The monoisotopic (exact) mass is 238 g/mol. The molecule has 1 fully saturated rings. The lowest BCUT2D eigenvalue weighted by Gasteiger charge is -2.26. The minimum atomic E-state index is -0.240. The van der Waals surface area contributed by atoms with E-state index in [1.54, 1.807) is 0 Å². The zero-order valence-electron chi connectivity index (χ0n) is 9.98. The Hall–Kier alpha value is -1.56. The molecule has 1 saturated heterocycles. The van der Waals surface area contributed by atoms with Crippen molar-refractivity contribution in [1.29, 1.82) is 0 Å². The summed E-state index contributed by atoms with van der Waals surface area (Å²) in [6.07, 6.45) is 4.52. The van der Waals surface area contributed by atoms with Crippen molar-refractivity contribution < 1.29 is 4.74 Å². The molecule has 0 saturated carbocycles. The molecule has 0 amide bonds. The van der Waals surface area contributed by atoms with Gasteiger partial charge >= 0.3 is 0 Å². The number of aromatic amines is 1. The summed E-state index contributed by atoms with van der Waals surface area (Å²) in [5, 5.41) is 0. The van der Waals surface area contributed by atoms with E-state index in [9.17, 15) is 4.79 Å². The molecule has 1 aromatic rings. The van der Waals surface area contributed by atoms with E-state index in [0.29, 0.717) is 18.4 Å². The van der Waals surface area contributed by atoms with Crippen LogP contribution in [0.4, 0.5) is 5.82 Å². The fraction of sp³-hybridized carbons (Fsp3) is 0.636. The summed E-state index contributed by atoms with van der Waals surface area (Å²) in [5.41, 5.74) is 5.36. The first-order valence-electron chi connectivity index (χ1n) is 5.86. The zero-order chi connectivity index (χ0) is 12.3. The molecule has 17 heavy (non-hydrogen) atoms. The van der Waals surface area contributed by atoms with Crippen molar-refractivity contribution >= 4 is 5.82 Å². The molecule has 3 N–H and O–H groups in total. The van der Waals surface area contributed by atoms with Gasteiger partial charge in [-0.05, 0) is 25.8 Å². The van der Waals surface area contributed by atoms with E-state index in [-0.39, 0.29) is 11.3 Å². The molecule has 1 aliphatic heterocycles. The van der Waals surface area contributed by atoms with Gasteiger partial charge in [0, 0.05) is 12.6 Å². The molecule has 6 nitrogen and oxygen atoms in total. The van der Waals surface area contributed by atoms with Gasteiger partial charge in [0.1, 0.15) is 0 Å². The number of hydrogen-bond acceptors (Lipinski definition) is 5. The molecule has 2 rings (SSSR count). The number of H-pyrrole nitrogens is 1. The molecule has 1 unspecified atom stereocenters. The molecular formula is C11H18N4O2. The second-order valence-corrected chi connectivity index (χ2v) is 4.16. The number of aromatic nitrogens is 2. The van der Waals surface area contributed by atoms with Gasteiger partial charge in [-0.1, -0.05) is 0 Å². The summed E-state index contributed by atoms with van der Waals surface area (Å²) in [7, 11) is 1.49. The molecule has 0 bridgehead atoms. The molecule has 1 atom stereocenters. The first-order valence-corrected chi connectivity index (χ1v) is 5.86. The van der Waals surface area contributed by atoms with Crippen molar-refractivity contribution in [2.45, 2.75) is 25.3 Å². The van der Waals surface area contributed by atoms with Crippen LogP contribution < -0.4 is 20.9 Å². The molecule has 2 heterocycles. The van der Waals surface area contributed by atoms with Gasteiger partial charge in [0.05, 0.1) is 13.4 Å². The van der Waals surface area contributed by atoms with Gasteiger partial charge in [0.25, 0.3) is 5.56 Å². The number of methoxy groups -OCH3 is 1. The maximum atomic E-state index is 11.6. The summed E-state index contributed by atoms with van der Waals surface area (Å²) in [6, 6.07) is 0.364. The van der Waals surface area contributed by atoms with E-state index in [2.05, 4.69) is 14.9 Å². The van der Waals surface area contributed by atoms with Gasteiger partial charge in [-0.2, -0.15) is 0 Å². The van der Waals surface area contributed by atoms with Crippen molar-refractivity contribution in [2.24, 2.45) is 5.73 Å². The van der Waals surface area contributed by atoms with E-state index in [1.165, 1.54) is 13.4 Å². The highest BCUT2D eigenvalue weighted by Crippen LogP contribution is 2.29. The van der Waals surface area contributed by atoms with Crippen molar-refractivity contribution in [1.82, 2.24) is 9.97 Å². The summed E-state index contributed by atoms with van der Waals surface area (Å²) in [5.74, 6) is 0.920. The maximum Gasteiger partial charge on any atom is 0.295 e. The third kappa shape index (κ3) is 2.26. The number of nitrogens with two attached hydrogens (primary N) is 1. The van der Waals surface area contributed by atoms with Crippen molar-refractivity contribution in [2.75, 3.05) is 25.1 Å². The van der Waals surface area contributed by atoms with Crippen molar-refractivity contribution in [3.63, 3.8) is 0 Å². The molecule has 0 aromatic carbocycles. The summed E-state index contributed by atoms with van der Waals surface area (Å²) in [4.78, 5) is 20.5. The Morgan fingerprint density at radius 3 is 3.24 bits per heavy atom. The van der Waals surface area contributed by atoms with Crippen LogP contribution in [0.25, 0.3) is 0 Å². The molecular weight excluding hydrogens is 220 g/mol. The van der Waals surface area contributed by atoms with Gasteiger partial charge < -0.3 is 20.4 Å². The van der Waals surface area contributed by atoms with E-state index in [1.807, 2.05) is 0 Å². The number of ether oxygens (including phenoxy) is 1. The largest absolute Gasteiger partial charge is 0.489 e. The third-order valence-electron chi connectivity index (χ3n) is 3.15. The predicted octanol–water partition coefficient (Wildman–Crippen LogP) is 0.0961. The fourth-order valence-corrected chi connectivity index (χ4v) is 2.37. The van der Waals surface area contributed by atoms with Crippen LogP contribution in [0.5, 0.6) is 5.75 Å². The van der Waals surface area contributed by atoms with Gasteiger partial charge in [-0.15, -0.1) is 0 Å². The molecule has 0 spiro atoms. The Balaban J connectivity index is 2.33. The predicted molar refractivity (Wildman–Crippen MR) is 65.4 cm³/mol. The Morgan fingerprint density at radius 2 is 2.53 bits per heavy atom. The van der Waals surface area contributed by atoms with Gasteiger partial charge in [0.2, 0.25) is 5.75 Å². The van der Waals surface area contributed by atoms with Crippen LogP contribution in [0, 0.1) is 0 Å². The normalized spacial score (nSPS) is 19.6. The smallest absolute Gasteiger partial charge is 0.295 e. The quantitative estimate of drug-likeness (QED) is 0.777. The molecule has 6 heteroatoms. The number of nitrogens with one attached hydrogen (secondary N) is 1. The number of hydrogen-bond donors (Lipinski definition) is 2. The molecule has 1 aliphatic rings. The Bertz CT molecular complexity index is 432. The average molecular weight is 238 g/mol. The van der Waals surface area contributed by atoms with Crippen LogP contribution in [-0.2, 0) is 0 Å². The van der Waals surface area contributed by atoms with E-state index in [4.69, 9.17) is 10.5 Å². The van der Waals surface area contributed by atoms with Gasteiger partial charge in [-0.25, -0.2) is 4.98 Å². The third-order valence-corrected chi connectivity index (χ3v) is 3.15. The van der Waals surface area contributed by atoms with Crippen LogP contribution in [0.1, 0.15) is 19.3 Å². The lowest BCUT2D eigenvalue weighted by Crippen LogP contribution is -2.33. The maximum absolute atomic E-state index is 11.6. The van der Waals surface area contributed by atoms with E-state index in [0.717, 1.165) is 25.8 Å². The summed E-state index contributed by atoms with van der Waals surface area (Å²) in [6.45, 7) is 1.55. The number of anilines is 1. The highest BCUT2D eigenvalue weighted by Gasteiger charge is 2.28. The molecule has 1 aromatic heterocycles. The molecule has 0 radical (unpaired) electrons. The number of nitrogens with zero attached hydrogens (tertiary/aromatic N) is 2. The highest BCUT2D eigenvalue weighted by molar-refractivity contribution is 5.52. The Morgan fingerprint density at radius 1 is 1.71 bits per heavy atom. The van der Waals surface area contributed by atoms with Gasteiger partial charge in [-0.3, -0.25) is 4.79 Å². The average Bonchev–Trinajstić information content (AvgIpc) is 2.77. The van der Waals surface area contributed by atoms with Crippen LogP contribution in [0.3, 0.4) is 0 Å².